The van der Waals surface area contributed by atoms with Crippen molar-refractivity contribution in [3.63, 3.8) is 0 Å². The second-order valence-electron chi connectivity index (χ2n) is 4.45. The van der Waals surface area contributed by atoms with Crippen LogP contribution in [0.1, 0.15) is 24.8 Å². The van der Waals surface area contributed by atoms with Gasteiger partial charge in [0.25, 0.3) is 0 Å². The summed E-state index contributed by atoms with van der Waals surface area (Å²) in [4.78, 5) is 12.0. The number of para-hydroxylation sites is 1. The van der Waals surface area contributed by atoms with E-state index in [1.54, 1.807) is 0 Å². The number of rotatable bonds is 3. The van der Waals surface area contributed by atoms with Gasteiger partial charge in [0, 0.05) is 18.2 Å². The lowest BCUT2D eigenvalue weighted by Crippen LogP contribution is -2.39. The van der Waals surface area contributed by atoms with E-state index < -0.39 is 0 Å². The molecule has 4 nitrogen and oxygen atoms in total. The van der Waals surface area contributed by atoms with E-state index in [4.69, 9.17) is 10.5 Å². The number of nitrogens with one attached hydrogen (secondary N) is 1. The molecule has 1 heterocycles. The van der Waals surface area contributed by atoms with Crippen LogP contribution in [-0.2, 0) is 4.79 Å². The maximum Gasteiger partial charge on any atom is 0.227 e. The lowest BCUT2D eigenvalue weighted by molar-refractivity contribution is -0.123. The lowest BCUT2D eigenvalue weighted by atomic mass is 9.92. The first-order valence-electron chi connectivity index (χ1n) is 5.93. The van der Waals surface area contributed by atoms with E-state index in [2.05, 4.69) is 5.32 Å². The Hall–Kier alpha value is -1.55. The van der Waals surface area contributed by atoms with Crippen LogP contribution in [0.15, 0.2) is 24.3 Å². The number of amides is 1. The Morgan fingerprint density at radius 1 is 1.59 bits per heavy atom. The minimum Gasteiger partial charge on any atom is -0.493 e. The Morgan fingerprint density at radius 3 is 3.12 bits per heavy atom. The van der Waals surface area contributed by atoms with E-state index in [1.165, 1.54) is 0 Å². The number of ether oxygens (including phenoxy) is 1. The van der Waals surface area contributed by atoms with Crippen LogP contribution in [0.2, 0.25) is 0 Å². The number of nitrogens with two attached hydrogens (primary N) is 1. The van der Waals surface area contributed by atoms with E-state index in [0.717, 1.165) is 17.7 Å². The zero-order chi connectivity index (χ0) is 12.3. The molecule has 0 spiro atoms. The van der Waals surface area contributed by atoms with E-state index >= 15 is 0 Å². The van der Waals surface area contributed by atoms with Gasteiger partial charge in [0.05, 0.1) is 12.5 Å². The molecule has 2 rings (SSSR count). The van der Waals surface area contributed by atoms with Crippen LogP contribution in [-0.4, -0.2) is 25.1 Å². The molecule has 1 aliphatic heterocycles. The molecule has 0 saturated heterocycles. The zero-order valence-electron chi connectivity index (χ0n) is 9.98. The summed E-state index contributed by atoms with van der Waals surface area (Å²) in [5.41, 5.74) is 6.60. The van der Waals surface area contributed by atoms with Gasteiger partial charge < -0.3 is 15.8 Å². The third-order valence-corrected chi connectivity index (χ3v) is 2.87. The van der Waals surface area contributed by atoms with Gasteiger partial charge in [-0.3, -0.25) is 4.79 Å². The molecule has 0 aromatic heterocycles. The maximum absolute atomic E-state index is 12.0. The van der Waals surface area contributed by atoms with Crippen molar-refractivity contribution < 1.29 is 9.53 Å². The third-order valence-electron chi connectivity index (χ3n) is 2.87. The average Bonchev–Trinajstić information content (AvgIpc) is 2.35. The number of fused-ring (bicyclic) bond motifs is 1. The van der Waals surface area contributed by atoms with E-state index in [-0.39, 0.29) is 17.9 Å². The second-order valence-corrected chi connectivity index (χ2v) is 4.45. The molecular formula is C13H18N2O2. The van der Waals surface area contributed by atoms with Gasteiger partial charge in [0.1, 0.15) is 5.75 Å². The number of hydrogen-bond acceptors (Lipinski definition) is 3. The predicted molar refractivity (Wildman–Crippen MR) is 66.0 cm³/mol. The first kappa shape index (κ1) is 11.9. The summed E-state index contributed by atoms with van der Waals surface area (Å²) in [6, 6.07) is 7.68. The summed E-state index contributed by atoms with van der Waals surface area (Å²) in [7, 11) is 0. The van der Waals surface area contributed by atoms with Gasteiger partial charge in [-0.05, 0) is 19.4 Å². The fourth-order valence-corrected chi connectivity index (χ4v) is 2.00. The predicted octanol–water partition coefficient (Wildman–Crippen LogP) is 1.02. The topological polar surface area (TPSA) is 64.3 Å². The van der Waals surface area contributed by atoms with Crippen LogP contribution >= 0.6 is 0 Å². The maximum atomic E-state index is 12.0. The Morgan fingerprint density at radius 2 is 2.35 bits per heavy atom. The first-order valence-corrected chi connectivity index (χ1v) is 5.93. The highest BCUT2D eigenvalue weighted by molar-refractivity contribution is 5.84. The van der Waals surface area contributed by atoms with Gasteiger partial charge in [-0.25, -0.2) is 0 Å². The summed E-state index contributed by atoms with van der Waals surface area (Å²) < 4.78 is 5.52. The zero-order valence-corrected chi connectivity index (χ0v) is 9.98. The molecule has 0 fully saturated rings. The average molecular weight is 234 g/mol. The number of hydrogen-bond donors (Lipinski definition) is 2. The molecule has 2 unspecified atom stereocenters. The standard InChI is InChI=1S/C13H18N2O2/c1-9(14)8-15-13(16)11-6-7-17-12-5-3-2-4-10(11)12/h2-5,9,11H,6-8,14H2,1H3,(H,15,16). The SMILES string of the molecule is CC(N)CNC(=O)C1CCOc2ccccc21. The minimum absolute atomic E-state index is 0.0194. The largest absolute Gasteiger partial charge is 0.493 e. The highest BCUT2D eigenvalue weighted by Crippen LogP contribution is 2.33. The minimum atomic E-state index is -0.112. The van der Waals surface area contributed by atoms with E-state index in [9.17, 15) is 4.79 Å². The quantitative estimate of drug-likeness (QED) is 0.820. The van der Waals surface area contributed by atoms with Crippen molar-refractivity contribution in [3.8, 4) is 5.75 Å². The van der Waals surface area contributed by atoms with Crippen molar-refractivity contribution in [2.24, 2.45) is 5.73 Å². The van der Waals surface area contributed by atoms with E-state index in [0.29, 0.717) is 13.2 Å². The highest BCUT2D eigenvalue weighted by atomic mass is 16.5. The molecule has 0 bridgehead atoms. The number of carbonyl (C=O) groups is 1. The Balaban J connectivity index is 2.10. The van der Waals surface area contributed by atoms with Gasteiger partial charge in [-0.2, -0.15) is 0 Å². The molecule has 3 N–H and O–H groups in total. The summed E-state index contributed by atoms with van der Waals surface area (Å²) >= 11 is 0. The monoisotopic (exact) mass is 234 g/mol. The summed E-state index contributed by atoms with van der Waals surface area (Å²) in [5.74, 6) is 0.747. The van der Waals surface area contributed by atoms with Gasteiger partial charge in [0.2, 0.25) is 5.91 Å². The molecule has 17 heavy (non-hydrogen) atoms. The summed E-state index contributed by atoms with van der Waals surface area (Å²) in [6.45, 7) is 2.98. The van der Waals surface area contributed by atoms with Gasteiger partial charge in [-0.1, -0.05) is 18.2 Å². The normalized spacial score (nSPS) is 20.0. The molecular weight excluding hydrogens is 216 g/mol. The Bertz CT molecular complexity index is 404. The van der Waals surface area contributed by atoms with Gasteiger partial charge in [-0.15, -0.1) is 0 Å². The van der Waals surface area contributed by atoms with Crippen LogP contribution in [0.25, 0.3) is 0 Å². The molecule has 4 heteroatoms. The van der Waals surface area contributed by atoms with Crippen LogP contribution < -0.4 is 15.8 Å². The molecule has 1 aliphatic rings. The van der Waals surface area contributed by atoms with Crippen molar-refractivity contribution >= 4 is 5.91 Å². The van der Waals surface area contributed by atoms with E-state index in [1.807, 2.05) is 31.2 Å². The van der Waals surface area contributed by atoms with Crippen molar-refractivity contribution in [1.82, 2.24) is 5.32 Å². The number of carbonyl (C=O) groups excluding carboxylic acids is 1. The fraction of sp³-hybridized carbons (Fsp3) is 0.462. The second kappa shape index (κ2) is 5.19. The molecule has 2 atom stereocenters. The molecule has 0 saturated carbocycles. The van der Waals surface area contributed by atoms with Crippen LogP contribution in [0.4, 0.5) is 0 Å². The van der Waals surface area contributed by atoms with Crippen molar-refractivity contribution in [2.45, 2.75) is 25.3 Å². The summed E-state index contributed by atoms with van der Waals surface area (Å²) in [5, 5.41) is 2.87. The van der Waals surface area contributed by atoms with Crippen LogP contribution in [0.5, 0.6) is 5.75 Å². The Labute approximate surface area is 101 Å². The molecule has 1 amide bonds. The molecule has 0 radical (unpaired) electrons. The number of benzene rings is 1. The first-order chi connectivity index (χ1) is 8.18. The van der Waals surface area contributed by atoms with Crippen LogP contribution in [0, 0.1) is 0 Å². The molecule has 92 valence electrons. The highest BCUT2D eigenvalue weighted by Gasteiger charge is 2.27. The van der Waals surface area contributed by atoms with Gasteiger partial charge >= 0.3 is 0 Å². The third kappa shape index (κ3) is 2.77. The Kier molecular flexibility index (Phi) is 3.64. The fourth-order valence-electron chi connectivity index (χ4n) is 2.00. The molecule has 1 aromatic carbocycles. The molecule has 1 aromatic rings. The van der Waals surface area contributed by atoms with Crippen molar-refractivity contribution in [1.29, 1.82) is 0 Å². The lowest BCUT2D eigenvalue weighted by Gasteiger charge is -2.25. The summed E-state index contributed by atoms with van der Waals surface area (Å²) in [6.07, 6.45) is 0.724. The van der Waals surface area contributed by atoms with Crippen LogP contribution in [0.3, 0.4) is 0 Å². The van der Waals surface area contributed by atoms with Crippen molar-refractivity contribution in [3.05, 3.63) is 29.8 Å². The van der Waals surface area contributed by atoms with Crippen molar-refractivity contribution in [2.75, 3.05) is 13.2 Å². The smallest absolute Gasteiger partial charge is 0.227 e. The molecule has 0 aliphatic carbocycles. The van der Waals surface area contributed by atoms with Gasteiger partial charge in [0.15, 0.2) is 0 Å².